The third-order valence-corrected chi connectivity index (χ3v) is 5.20. The quantitative estimate of drug-likeness (QED) is 0.899. The summed E-state index contributed by atoms with van der Waals surface area (Å²) in [4.78, 5) is 8.47. The van der Waals surface area contributed by atoms with Crippen molar-refractivity contribution in [1.82, 2.24) is 15.2 Å². The molecule has 1 aromatic rings. The molecule has 3 nitrogen and oxygen atoms in total. The fourth-order valence-corrected chi connectivity index (χ4v) is 3.58. The summed E-state index contributed by atoms with van der Waals surface area (Å²) in [5, 5.41) is 4.84. The first-order valence-corrected chi connectivity index (χ1v) is 8.22. The second-order valence-corrected chi connectivity index (χ2v) is 7.55. The number of nitrogens with one attached hydrogen (secondary N) is 1. The fourth-order valence-electron chi connectivity index (χ4n) is 2.64. The molecule has 0 aromatic carbocycles. The molecule has 1 N–H and O–H groups in total. The molecule has 0 aliphatic carbocycles. The number of rotatable bonds is 5. The molecule has 0 spiro atoms. The van der Waals surface area contributed by atoms with Crippen LogP contribution in [0, 0.1) is 0 Å². The Kier molecular flexibility index (Phi) is 4.98. The van der Waals surface area contributed by atoms with Gasteiger partial charge in [-0.3, -0.25) is 4.90 Å². The molecule has 0 bridgehead atoms. The van der Waals surface area contributed by atoms with Crippen LogP contribution in [0.15, 0.2) is 6.20 Å². The van der Waals surface area contributed by atoms with Crippen LogP contribution < -0.4 is 5.32 Å². The minimum absolute atomic E-state index is 0.174. The minimum atomic E-state index is 0.174. The van der Waals surface area contributed by atoms with E-state index in [1.807, 2.05) is 17.5 Å². The van der Waals surface area contributed by atoms with Crippen LogP contribution in [0.5, 0.6) is 0 Å². The van der Waals surface area contributed by atoms with Gasteiger partial charge in [0.15, 0.2) is 0 Å². The molecule has 1 fully saturated rings. The molecule has 1 atom stereocenters. The lowest BCUT2D eigenvalue weighted by molar-refractivity contribution is 0.260. The second kappa shape index (κ2) is 6.33. The van der Waals surface area contributed by atoms with Gasteiger partial charge in [0.05, 0.1) is 5.01 Å². The van der Waals surface area contributed by atoms with Crippen molar-refractivity contribution in [2.24, 2.45) is 0 Å². The first kappa shape index (κ1) is 14.9. The SMILES string of the molecule is CCN1CCCC1CNCc1cnc(C(C)(C)C)s1. The molecule has 19 heavy (non-hydrogen) atoms. The summed E-state index contributed by atoms with van der Waals surface area (Å²) in [6, 6.07) is 0.736. The van der Waals surface area contributed by atoms with Gasteiger partial charge < -0.3 is 5.32 Å². The molecule has 1 aromatic heterocycles. The average Bonchev–Trinajstić information content (AvgIpc) is 2.96. The number of nitrogens with zero attached hydrogens (tertiary/aromatic N) is 2. The van der Waals surface area contributed by atoms with Gasteiger partial charge in [0, 0.05) is 35.6 Å². The van der Waals surface area contributed by atoms with E-state index in [1.54, 1.807) is 0 Å². The Balaban J connectivity index is 1.78. The van der Waals surface area contributed by atoms with Gasteiger partial charge in [-0.25, -0.2) is 4.98 Å². The Morgan fingerprint density at radius 1 is 1.47 bits per heavy atom. The summed E-state index contributed by atoms with van der Waals surface area (Å²) >= 11 is 1.84. The van der Waals surface area contributed by atoms with E-state index < -0.39 is 0 Å². The van der Waals surface area contributed by atoms with Crippen LogP contribution in [-0.4, -0.2) is 35.6 Å². The van der Waals surface area contributed by atoms with Crippen molar-refractivity contribution in [3.8, 4) is 0 Å². The lowest BCUT2D eigenvalue weighted by Gasteiger charge is -2.22. The molecule has 1 unspecified atom stereocenters. The third-order valence-electron chi connectivity index (χ3n) is 3.78. The maximum absolute atomic E-state index is 4.54. The Morgan fingerprint density at radius 3 is 2.89 bits per heavy atom. The molecule has 0 saturated carbocycles. The molecule has 4 heteroatoms. The summed E-state index contributed by atoms with van der Waals surface area (Å²) in [6.07, 6.45) is 4.73. The van der Waals surface area contributed by atoms with Crippen molar-refractivity contribution < 1.29 is 0 Å². The van der Waals surface area contributed by atoms with Gasteiger partial charge in [-0.05, 0) is 25.9 Å². The molecule has 0 amide bonds. The third kappa shape index (κ3) is 4.01. The van der Waals surface area contributed by atoms with Crippen molar-refractivity contribution in [2.75, 3.05) is 19.6 Å². The summed E-state index contributed by atoms with van der Waals surface area (Å²) in [6.45, 7) is 13.5. The lowest BCUT2D eigenvalue weighted by atomic mass is 9.98. The van der Waals surface area contributed by atoms with Crippen molar-refractivity contribution >= 4 is 11.3 Å². The van der Waals surface area contributed by atoms with E-state index in [9.17, 15) is 0 Å². The Morgan fingerprint density at radius 2 is 2.26 bits per heavy atom. The van der Waals surface area contributed by atoms with Crippen molar-refractivity contribution in [1.29, 1.82) is 0 Å². The zero-order valence-corrected chi connectivity index (χ0v) is 13.5. The van der Waals surface area contributed by atoms with Crippen molar-refractivity contribution in [3.63, 3.8) is 0 Å². The van der Waals surface area contributed by atoms with Gasteiger partial charge in [0.25, 0.3) is 0 Å². The van der Waals surface area contributed by atoms with Gasteiger partial charge in [0.2, 0.25) is 0 Å². The smallest absolute Gasteiger partial charge is 0.0981 e. The van der Waals surface area contributed by atoms with Gasteiger partial charge in [-0.1, -0.05) is 27.7 Å². The average molecular weight is 281 g/mol. The predicted molar refractivity (Wildman–Crippen MR) is 82.8 cm³/mol. The monoisotopic (exact) mass is 281 g/mol. The van der Waals surface area contributed by atoms with E-state index in [1.165, 1.54) is 35.8 Å². The highest BCUT2D eigenvalue weighted by atomic mass is 32.1. The van der Waals surface area contributed by atoms with Crippen LogP contribution >= 0.6 is 11.3 Å². The summed E-state index contributed by atoms with van der Waals surface area (Å²) in [5.41, 5.74) is 0.174. The highest BCUT2D eigenvalue weighted by molar-refractivity contribution is 7.11. The highest BCUT2D eigenvalue weighted by Gasteiger charge is 2.22. The molecule has 0 radical (unpaired) electrons. The number of thiazole rings is 1. The molecular formula is C15H27N3S. The van der Waals surface area contributed by atoms with Crippen LogP contribution in [0.2, 0.25) is 0 Å². The number of hydrogen-bond acceptors (Lipinski definition) is 4. The van der Waals surface area contributed by atoms with Crippen LogP contribution in [0.3, 0.4) is 0 Å². The van der Waals surface area contributed by atoms with E-state index in [0.29, 0.717) is 0 Å². The number of aromatic nitrogens is 1. The number of hydrogen-bond donors (Lipinski definition) is 1. The molecule has 108 valence electrons. The van der Waals surface area contributed by atoms with Gasteiger partial charge in [0.1, 0.15) is 0 Å². The number of likely N-dealkylation sites (tertiary alicyclic amines) is 1. The number of likely N-dealkylation sites (N-methyl/N-ethyl adjacent to an activating group) is 1. The van der Waals surface area contributed by atoms with Crippen LogP contribution in [0.25, 0.3) is 0 Å². The van der Waals surface area contributed by atoms with Crippen LogP contribution in [-0.2, 0) is 12.0 Å². The molecule has 1 saturated heterocycles. The summed E-state index contributed by atoms with van der Waals surface area (Å²) < 4.78 is 0. The maximum atomic E-state index is 4.54. The predicted octanol–water partition coefficient (Wildman–Crippen LogP) is 3.01. The molecule has 2 heterocycles. The minimum Gasteiger partial charge on any atom is -0.310 e. The first-order chi connectivity index (χ1) is 9.00. The fraction of sp³-hybridized carbons (Fsp3) is 0.800. The molecule has 1 aliphatic heterocycles. The van der Waals surface area contributed by atoms with Crippen LogP contribution in [0.1, 0.15) is 50.4 Å². The lowest BCUT2D eigenvalue weighted by Crippen LogP contribution is -2.37. The maximum Gasteiger partial charge on any atom is 0.0981 e. The van der Waals surface area contributed by atoms with E-state index in [2.05, 4.69) is 42.9 Å². The highest BCUT2D eigenvalue weighted by Crippen LogP contribution is 2.26. The first-order valence-electron chi connectivity index (χ1n) is 7.40. The Bertz CT molecular complexity index is 394. The molecular weight excluding hydrogens is 254 g/mol. The van der Waals surface area contributed by atoms with Gasteiger partial charge in [-0.15, -0.1) is 11.3 Å². The van der Waals surface area contributed by atoms with Crippen molar-refractivity contribution in [3.05, 3.63) is 16.1 Å². The molecule has 1 aliphatic rings. The van der Waals surface area contributed by atoms with E-state index in [0.717, 1.165) is 19.1 Å². The van der Waals surface area contributed by atoms with E-state index >= 15 is 0 Å². The summed E-state index contributed by atoms with van der Waals surface area (Å²) in [5.74, 6) is 0. The largest absolute Gasteiger partial charge is 0.310 e. The zero-order chi connectivity index (χ0) is 13.9. The standard InChI is InChI=1S/C15H27N3S/c1-5-18-8-6-7-12(18)9-16-10-13-11-17-14(19-13)15(2,3)4/h11-12,16H,5-10H2,1-4H3. The topological polar surface area (TPSA) is 28.2 Å². The van der Waals surface area contributed by atoms with E-state index in [4.69, 9.17) is 0 Å². The normalized spacial score (nSPS) is 21.2. The Labute approximate surface area is 121 Å². The van der Waals surface area contributed by atoms with Crippen LogP contribution in [0.4, 0.5) is 0 Å². The second-order valence-electron chi connectivity index (χ2n) is 6.44. The van der Waals surface area contributed by atoms with E-state index in [-0.39, 0.29) is 5.41 Å². The zero-order valence-electron chi connectivity index (χ0n) is 12.7. The summed E-state index contributed by atoms with van der Waals surface area (Å²) in [7, 11) is 0. The Hall–Kier alpha value is -0.450. The molecule has 2 rings (SSSR count). The van der Waals surface area contributed by atoms with Crippen molar-refractivity contribution in [2.45, 2.75) is 58.5 Å². The van der Waals surface area contributed by atoms with Gasteiger partial charge >= 0.3 is 0 Å². The van der Waals surface area contributed by atoms with Gasteiger partial charge in [-0.2, -0.15) is 0 Å².